The largest absolute Gasteiger partial charge is 0.336 e. The van der Waals surface area contributed by atoms with Crippen LogP contribution in [0.25, 0.3) is 0 Å². The van der Waals surface area contributed by atoms with Crippen LogP contribution in [0.3, 0.4) is 0 Å². The Hall–Kier alpha value is -0.910. The lowest BCUT2D eigenvalue weighted by Crippen LogP contribution is -2.59. The molecule has 0 aliphatic carbocycles. The van der Waals surface area contributed by atoms with Crippen molar-refractivity contribution in [3.63, 3.8) is 0 Å². The summed E-state index contributed by atoms with van der Waals surface area (Å²) in [6.45, 7) is 9.32. The molecule has 132 valence electrons. The van der Waals surface area contributed by atoms with Crippen molar-refractivity contribution >= 4 is 22.6 Å². The molecule has 0 aromatic rings. The predicted octanol–water partition coefficient (Wildman–Crippen LogP) is 1.78. The summed E-state index contributed by atoms with van der Waals surface area (Å²) in [5.74, 6) is 1.05. The fraction of sp³-hybridized carbons (Fsp3) is 0.882. The van der Waals surface area contributed by atoms with Gasteiger partial charge in [0.05, 0.1) is 5.25 Å². The van der Waals surface area contributed by atoms with Crippen molar-refractivity contribution in [2.45, 2.75) is 70.7 Å². The monoisotopic (exact) mass is 342 g/mol. The van der Waals surface area contributed by atoms with Crippen molar-refractivity contribution in [3.8, 4) is 0 Å². The number of piperidine rings is 1. The quantitative estimate of drug-likeness (QED) is 0.782. The maximum atomic E-state index is 13.2. The van der Waals surface area contributed by atoms with Crippen LogP contribution in [-0.2, 0) is 20.4 Å². The zero-order valence-corrected chi connectivity index (χ0v) is 15.6. The fourth-order valence-corrected chi connectivity index (χ4v) is 4.85. The third-order valence-electron chi connectivity index (χ3n) is 5.12. The molecule has 5 nitrogen and oxygen atoms in total. The minimum atomic E-state index is -0.862. The molecule has 0 radical (unpaired) electrons. The first-order chi connectivity index (χ1) is 10.8. The summed E-state index contributed by atoms with van der Waals surface area (Å²) in [5, 5.41) is -0.00976. The van der Waals surface area contributed by atoms with Gasteiger partial charge in [0.15, 0.2) is 0 Å². The Morgan fingerprint density at radius 2 is 1.96 bits per heavy atom. The van der Waals surface area contributed by atoms with Gasteiger partial charge in [0.1, 0.15) is 6.04 Å². The van der Waals surface area contributed by atoms with Crippen LogP contribution in [0, 0.1) is 5.92 Å². The topological polar surface area (TPSA) is 57.7 Å². The molecule has 2 aliphatic rings. The number of carbonyl (C=O) groups excluding carboxylic acids is 2. The summed E-state index contributed by atoms with van der Waals surface area (Å²) in [4.78, 5) is 29.1. The molecule has 0 N–H and O–H groups in total. The van der Waals surface area contributed by atoms with Crippen molar-refractivity contribution in [1.29, 1.82) is 0 Å². The SMILES string of the molecule is CC(C)C[C@H](C(=O)N1CC[S@](=O)[C@@H](C)[C@@H]1C)N1CCCCC1=O. The number of hydrogen-bond donors (Lipinski definition) is 0. The zero-order valence-electron chi connectivity index (χ0n) is 14.8. The van der Waals surface area contributed by atoms with Crippen molar-refractivity contribution in [2.75, 3.05) is 18.8 Å². The Labute approximate surface area is 142 Å². The van der Waals surface area contributed by atoms with Gasteiger partial charge >= 0.3 is 0 Å². The molecule has 0 bridgehead atoms. The van der Waals surface area contributed by atoms with Crippen molar-refractivity contribution in [1.82, 2.24) is 9.80 Å². The number of hydrogen-bond acceptors (Lipinski definition) is 3. The first-order valence-electron chi connectivity index (χ1n) is 8.80. The second-order valence-electron chi connectivity index (χ2n) is 7.25. The maximum Gasteiger partial charge on any atom is 0.245 e. The van der Waals surface area contributed by atoms with Crippen LogP contribution in [0.1, 0.15) is 53.4 Å². The average molecular weight is 343 g/mol. The molecule has 0 saturated carbocycles. The Kier molecular flexibility index (Phi) is 6.23. The number of amides is 2. The number of nitrogens with zero attached hydrogens (tertiary/aromatic N) is 2. The van der Waals surface area contributed by atoms with Gasteiger partial charge in [-0.3, -0.25) is 13.8 Å². The summed E-state index contributed by atoms with van der Waals surface area (Å²) in [6.07, 6.45) is 3.15. The van der Waals surface area contributed by atoms with E-state index in [1.54, 1.807) is 4.90 Å². The lowest BCUT2D eigenvalue weighted by Gasteiger charge is -2.42. The van der Waals surface area contributed by atoms with Gasteiger partial charge in [-0.25, -0.2) is 0 Å². The second-order valence-corrected chi connectivity index (χ2v) is 9.17. The van der Waals surface area contributed by atoms with Gasteiger partial charge in [-0.1, -0.05) is 13.8 Å². The Morgan fingerprint density at radius 1 is 1.26 bits per heavy atom. The van der Waals surface area contributed by atoms with Crippen LogP contribution < -0.4 is 0 Å². The molecular formula is C17H30N2O3S. The Balaban J connectivity index is 2.19. The first-order valence-corrected chi connectivity index (χ1v) is 10.2. The smallest absolute Gasteiger partial charge is 0.245 e. The second kappa shape index (κ2) is 7.77. The normalized spacial score (nSPS) is 30.7. The molecule has 2 heterocycles. The molecule has 2 rings (SSSR count). The zero-order chi connectivity index (χ0) is 17.1. The fourth-order valence-electron chi connectivity index (χ4n) is 3.52. The van der Waals surface area contributed by atoms with E-state index in [-0.39, 0.29) is 29.1 Å². The van der Waals surface area contributed by atoms with Crippen LogP contribution in [0.4, 0.5) is 0 Å². The van der Waals surface area contributed by atoms with Gasteiger partial charge in [0.2, 0.25) is 11.8 Å². The summed E-state index contributed by atoms with van der Waals surface area (Å²) in [7, 11) is -0.862. The highest BCUT2D eigenvalue weighted by Gasteiger charge is 2.39. The molecule has 2 amide bonds. The third-order valence-corrected chi connectivity index (χ3v) is 6.93. The van der Waals surface area contributed by atoms with Crippen molar-refractivity contribution < 1.29 is 13.8 Å². The standard InChI is InChI=1S/C17H30N2O3S/c1-12(2)11-15(19-8-6-5-7-16(19)20)17(21)18-9-10-23(22)14(4)13(18)3/h12-15H,5-11H2,1-4H3/t13-,14-,15+,23-/m0/s1. The summed E-state index contributed by atoms with van der Waals surface area (Å²) in [6, 6.07) is -0.393. The minimum absolute atomic E-state index is 0.00976. The lowest BCUT2D eigenvalue weighted by molar-refractivity contribution is -0.149. The highest BCUT2D eigenvalue weighted by molar-refractivity contribution is 7.85. The van der Waals surface area contributed by atoms with E-state index in [1.807, 2.05) is 18.7 Å². The van der Waals surface area contributed by atoms with Crippen molar-refractivity contribution in [2.24, 2.45) is 5.92 Å². The van der Waals surface area contributed by atoms with Crippen LogP contribution in [0.15, 0.2) is 0 Å². The van der Waals surface area contributed by atoms with Crippen LogP contribution in [0.5, 0.6) is 0 Å². The summed E-state index contributed by atoms with van der Waals surface area (Å²) >= 11 is 0. The van der Waals surface area contributed by atoms with E-state index in [2.05, 4.69) is 13.8 Å². The van der Waals surface area contributed by atoms with Gasteiger partial charge < -0.3 is 9.80 Å². The van der Waals surface area contributed by atoms with E-state index in [0.29, 0.717) is 37.6 Å². The van der Waals surface area contributed by atoms with E-state index >= 15 is 0 Å². The number of likely N-dealkylation sites (tertiary alicyclic amines) is 1. The first kappa shape index (κ1) is 18.4. The van der Waals surface area contributed by atoms with E-state index in [0.717, 1.165) is 12.8 Å². The average Bonchev–Trinajstić information content (AvgIpc) is 2.50. The maximum absolute atomic E-state index is 13.2. The third kappa shape index (κ3) is 4.14. The molecule has 0 unspecified atom stereocenters. The van der Waals surface area contributed by atoms with Crippen LogP contribution in [-0.4, -0.2) is 62.0 Å². The van der Waals surface area contributed by atoms with E-state index < -0.39 is 10.8 Å². The molecule has 0 aromatic heterocycles. The molecule has 23 heavy (non-hydrogen) atoms. The molecule has 2 saturated heterocycles. The van der Waals surface area contributed by atoms with Crippen molar-refractivity contribution in [3.05, 3.63) is 0 Å². The van der Waals surface area contributed by atoms with E-state index in [1.165, 1.54) is 0 Å². The molecule has 0 aromatic carbocycles. The van der Waals surface area contributed by atoms with E-state index in [9.17, 15) is 13.8 Å². The van der Waals surface area contributed by atoms with Gasteiger partial charge in [-0.15, -0.1) is 0 Å². The van der Waals surface area contributed by atoms with Crippen LogP contribution in [0.2, 0.25) is 0 Å². The Bertz CT molecular complexity index is 480. The molecule has 4 atom stereocenters. The molecule has 2 fully saturated rings. The number of rotatable bonds is 4. The van der Waals surface area contributed by atoms with Gasteiger partial charge in [0, 0.05) is 42.1 Å². The van der Waals surface area contributed by atoms with Crippen LogP contribution >= 0.6 is 0 Å². The number of carbonyl (C=O) groups is 2. The Morgan fingerprint density at radius 3 is 2.57 bits per heavy atom. The van der Waals surface area contributed by atoms with Gasteiger partial charge in [-0.2, -0.15) is 0 Å². The predicted molar refractivity (Wildman–Crippen MR) is 92.5 cm³/mol. The molecule has 6 heteroatoms. The highest BCUT2D eigenvalue weighted by Crippen LogP contribution is 2.24. The minimum Gasteiger partial charge on any atom is -0.336 e. The van der Waals surface area contributed by atoms with E-state index in [4.69, 9.17) is 0 Å². The lowest BCUT2D eigenvalue weighted by atomic mass is 9.97. The molecule has 0 spiro atoms. The highest BCUT2D eigenvalue weighted by atomic mass is 32.2. The summed E-state index contributed by atoms with van der Waals surface area (Å²) in [5.41, 5.74) is 0. The molecule has 2 aliphatic heterocycles. The molecular weight excluding hydrogens is 312 g/mol. The van der Waals surface area contributed by atoms with Gasteiger partial charge in [0.25, 0.3) is 0 Å². The summed E-state index contributed by atoms with van der Waals surface area (Å²) < 4.78 is 12.0. The van der Waals surface area contributed by atoms with Gasteiger partial charge in [-0.05, 0) is 39.0 Å².